The zero-order valence-electron chi connectivity index (χ0n) is 57.7. The summed E-state index contributed by atoms with van der Waals surface area (Å²) in [7, 11) is 0. The molecule has 0 spiro atoms. The van der Waals surface area contributed by atoms with E-state index < -0.39 is 0 Å². The van der Waals surface area contributed by atoms with E-state index in [9.17, 15) is 24.0 Å². The minimum absolute atomic E-state index is 0.166. The Morgan fingerprint density at radius 3 is 0.802 bits per heavy atom. The third-order valence-corrected chi connectivity index (χ3v) is 18.5. The summed E-state index contributed by atoms with van der Waals surface area (Å²) < 4.78 is 27.3. The van der Waals surface area contributed by atoms with Crippen molar-refractivity contribution in [2.24, 2.45) is 0 Å². The summed E-state index contributed by atoms with van der Waals surface area (Å²) in [5.41, 5.74) is 28.1. The second-order valence-electron chi connectivity index (χ2n) is 26.7. The van der Waals surface area contributed by atoms with E-state index in [1.165, 1.54) is 22.3 Å². The molecule has 5 aliphatic rings. The van der Waals surface area contributed by atoms with Crippen LogP contribution in [0.3, 0.4) is 0 Å². The zero-order valence-corrected chi connectivity index (χ0v) is 57.7. The quantitative estimate of drug-likeness (QED) is 0.121. The van der Waals surface area contributed by atoms with Gasteiger partial charge in [-0.3, -0.25) is 24.0 Å². The highest BCUT2D eigenvalue weighted by atomic mass is 16.6. The first-order chi connectivity index (χ1) is 45.7. The van der Waals surface area contributed by atoms with E-state index >= 15 is 0 Å². The summed E-state index contributed by atoms with van der Waals surface area (Å²) >= 11 is 0. The van der Waals surface area contributed by atoms with Gasteiger partial charge in [-0.2, -0.15) is 0 Å². The first-order valence-corrected chi connectivity index (χ1v) is 32.7. The van der Waals surface area contributed by atoms with Gasteiger partial charge in [0.25, 0.3) is 0 Å². The normalized spacial score (nSPS) is 17.2. The second kappa shape index (κ2) is 27.5. The van der Waals surface area contributed by atoms with E-state index in [4.69, 9.17) is 23.7 Å². The van der Waals surface area contributed by atoms with Crippen molar-refractivity contribution in [3.05, 3.63) is 321 Å². The highest BCUT2D eigenvalue weighted by Gasteiger charge is 2.41. The van der Waals surface area contributed by atoms with E-state index in [1.807, 2.05) is 146 Å². The number of ether oxygens (including phenoxy) is 5. The van der Waals surface area contributed by atoms with Gasteiger partial charge in [-0.1, -0.05) is 220 Å². The number of carbonyl (C=O) groups is 5. The van der Waals surface area contributed by atoms with Gasteiger partial charge in [0, 0.05) is 27.8 Å². The van der Waals surface area contributed by atoms with Crippen LogP contribution in [0.25, 0.3) is 0 Å². The lowest BCUT2D eigenvalue weighted by Gasteiger charge is -2.12. The molecule has 0 saturated heterocycles. The molecular weight excluding hydrogens is 1190 g/mol. The van der Waals surface area contributed by atoms with Crippen LogP contribution < -0.4 is 23.7 Å². The Balaban J connectivity index is 0.000000122. The lowest BCUT2D eigenvalue weighted by molar-refractivity contribution is -0.134. The zero-order chi connectivity index (χ0) is 68.7. The predicted molar refractivity (Wildman–Crippen MR) is 378 cm³/mol. The maximum absolute atomic E-state index is 12.3. The number of carbonyl (C=O) groups excluding carboxylic acids is 5. The molecule has 5 aliphatic heterocycles. The van der Waals surface area contributed by atoms with Crippen LogP contribution in [-0.2, 0) is 24.0 Å². The topological polar surface area (TPSA) is 132 Å². The van der Waals surface area contributed by atoms with Gasteiger partial charge in [-0.15, -0.1) is 0 Å². The fraction of sp³-hybridized carbons (Fsp3) is 0.244. The van der Waals surface area contributed by atoms with Crippen LogP contribution in [0.5, 0.6) is 28.7 Å². The lowest BCUT2D eigenvalue weighted by Crippen LogP contribution is -2.12. The van der Waals surface area contributed by atoms with Gasteiger partial charge >= 0.3 is 29.8 Å². The lowest BCUT2D eigenvalue weighted by atomic mass is 9.87. The molecule has 0 saturated carbocycles. The monoisotopic (exact) mass is 1270 g/mol. The van der Waals surface area contributed by atoms with Gasteiger partial charge < -0.3 is 23.7 Å². The third kappa shape index (κ3) is 13.6. The molecule has 0 fully saturated rings. The number of para-hydroxylation sites is 1. The van der Waals surface area contributed by atoms with E-state index in [0.29, 0.717) is 0 Å². The van der Waals surface area contributed by atoms with Crippen molar-refractivity contribution in [1.82, 2.24) is 0 Å². The maximum atomic E-state index is 12.3. The maximum Gasteiger partial charge on any atom is 0.323 e. The fourth-order valence-corrected chi connectivity index (χ4v) is 14.2. The van der Waals surface area contributed by atoms with Crippen LogP contribution >= 0.6 is 0 Å². The molecule has 0 aromatic heterocycles. The molecule has 5 unspecified atom stereocenters. The molecule has 15 rings (SSSR count). The van der Waals surface area contributed by atoms with Gasteiger partial charge in [0.2, 0.25) is 0 Å². The van der Waals surface area contributed by atoms with E-state index in [1.54, 1.807) is 0 Å². The number of benzene rings is 10. The van der Waals surface area contributed by atoms with Crippen LogP contribution in [0.15, 0.2) is 176 Å². The average Bonchev–Trinajstić information content (AvgIpc) is 1.66. The number of esters is 5. The number of hydrogen-bond acceptors (Lipinski definition) is 10. The summed E-state index contributed by atoms with van der Waals surface area (Å²) in [5.74, 6) is 1.42. The molecule has 10 nitrogen and oxygen atoms in total. The Morgan fingerprint density at radius 1 is 0.198 bits per heavy atom. The van der Waals surface area contributed by atoms with Gasteiger partial charge in [-0.05, 0) is 183 Å². The standard InChI is InChI=1S/3C18H18O2.C17H16O2.C15H12O2/c3*1-10-5-6-14(12(3)7-10)16-15-9-11(2)8-13(4)17(15)20-18(16)19;1-10-4-6-13(7-5-10)15-14-9-11(2)8-12(3)16(14)19-17(15)18;1-10-6-5-9-12-13(15(16)17-14(10)12)11-7-3-2-4-8-11/h3*5-9,16H,1-4H3;4-9,15H,1-3H3;2-9,13H,1H3. The largest absolute Gasteiger partial charge is 0.425 e. The molecule has 486 valence electrons. The van der Waals surface area contributed by atoms with Crippen molar-refractivity contribution in [1.29, 1.82) is 0 Å². The Morgan fingerprint density at radius 2 is 0.469 bits per heavy atom. The molecule has 0 N–H and O–H groups in total. The second-order valence-corrected chi connectivity index (χ2v) is 26.7. The van der Waals surface area contributed by atoms with Gasteiger partial charge in [0.05, 0.1) is 0 Å². The SMILES string of the molecule is Cc1ccc(C2C(=O)Oc3c(C)cc(C)cc32)c(C)c1.Cc1ccc(C2C(=O)Oc3c(C)cc(C)cc32)c(C)c1.Cc1ccc(C2C(=O)Oc3c(C)cc(C)cc32)c(C)c1.Cc1ccc(C2C(=O)Oc3c(C)cc(C)cc32)cc1.Cc1cccc2c1OC(=O)C2c1ccccc1. The van der Waals surface area contributed by atoms with Crippen LogP contribution in [0.2, 0.25) is 0 Å². The van der Waals surface area contributed by atoms with E-state index in [-0.39, 0.29) is 59.4 Å². The molecule has 0 aliphatic carbocycles. The highest BCUT2D eigenvalue weighted by molar-refractivity contribution is 5.94. The summed E-state index contributed by atoms with van der Waals surface area (Å²) in [6.07, 6.45) is 0. The molecular formula is C86H82O10. The number of rotatable bonds is 5. The first kappa shape index (κ1) is 67.0. The molecule has 10 aromatic rings. The molecule has 10 aromatic carbocycles. The van der Waals surface area contributed by atoms with Crippen molar-refractivity contribution < 1.29 is 47.7 Å². The van der Waals surface area contributed by atoms with Crippen LogP contribution in [0.1, 0.15) is 174 Å². The number of fused-ring (bicyclic) bond motifs is 5. The minimum atomic E-state index is -0.288. The Bertz CT molecular complexity index is 4460. The molecule has 0 bridgehead atoms. The molecule has 5 atom stereocenters. The van der Waals surface area contributed by atoms with Crippen molar-refractivity contribution in [2.75, 3.05) is 0 Å². The summed E-state index contributed by atoms with van der Waals surface area (Å²) in [4.78, 5) is 61.0. The van der Waals surface area contributed by atoms with Crippen LogP contribution in [-0.4, -0.2) is 29.8 Å². The van der Waals surface area contributed by atoms with Crippen LogP contribution in [0, 0.1) is 111 Å². The van der Waals surface area contributed by atoms with E-state index in [2.05, 4.69) is 141 Å². The molecule has 0 radical (unpaired) electrons. The van der Waals surface area contributed by atoms with Crippen molar-refractivity contribution >= 4 is 29.8 Å². The Labute approximate surface area is 564 Å². The average molecular weight is 1280 g/mol. The fourth-order valence-electron chi connectivity index (χ4n) is 14.2. The summed E-state index contributed by atoms with van der Waals surface area (Å²) in [5, 5.41) is 0. The molecule has 0 amide bonds. The number of hydrogen-bond donors (Lipinski definition) is 0. The summed E-state index contributed by atoms with van der Waals surface area (Å²) in [6.45, 7) is 32.5. The summed E-state index contributed by atoms with van der Waals surface area (Å²) in [6, 6.07) is 58.8. The number of aryl methyl sites for hydroxylation is 16. The molecule has 5 heterocycles. The van der Waals surface area contributed by atoms with Crippen LogP contribution in [0.4, 0.5) is 0 Å². The van der Waals surface area contributed by atoms with Gasteiger partial charge in [0.1, 0.15) is 58.3 Å². The Kier molecular flexibility index (Phi) is 19.2. The first-order valence-electron chi connectivity index (χ1n) is 32.7. The molecule has 96 heavy (non-hydrogen) atoms. The van der Waals surface area contributed by atoms with Crippen molar-refractivity contribution in [3.63, 3.8) is 0 Å². The van der Waals surface area contributed by atoms with Crippen molar-refractivity contribution in [2.45, 2.75) is 140 Å². The highest BCUT2D eigenvalue weighted by Crippen LogP contribution is 2.47. The third-order valence-electron chi connectivity index (χ3n) is 18.5. The van der Waals surface area contributed by atoms with Crippen molar-refractivity contribution in [3.8, 4) is 28.7 Å². The minimum Gasteiger partial charge on any atom is -0.425 e. The van der Waals surface area contributed by atoms with E-state index in [0.717, 1.165) is 151 Å². The molecule has 10 heteroatoms. The predicted octanol–water partition coefficient (Wildman–Crippen LogP) is 18.6. The smallest absolute Gasteiger partial charge is 0.323 e. The Hall–Kier alpha value is -10.5. The van der Waals surface area contributed by atoms with Gasteiger partial charge in [0.15, 0.2) is 0 Å². The van der Waals surface area contributed by atoms with Gasteiger partial charge in [-0.25, -0.2) is 0 Å².